The highest BCUT2D eigenvalue weighted by Gasteiger charge is 2.12. The molecule has 4 nitrogen and oxygen atoms in total. The molecule has 0 aliphatic carbocycles. The van der Waals surface area contributed by atoms with Crippen molar-refractivity contribution in [2.45, 2.75) is 66.4 Å². The molecule has 1 heterocycles. The molecule has 0 spiro atoms. The molecule has 0 radical (unpaired) electrons. The zero-order valence-corrected chi connectivity index (χ0v) is 15.4. The Bertz CT molecular complexity index is 729. The van der Waals surface area contributed by atoms with Gasteiger partial charge in [-0.05, 0) is 57.4 Å². The van der Waals surface area contributed by atoms with Gasteiger partial charge in [-0.15, -0.1) is 0 Å². The van der Waals surface area contributed by atoms with E-state index in [0.29, 0.717) is 0 Å². The van der Waals surface area contributed by atoms with Gasteiger partial charge in [-0.3, -0.25) is 9.36 Å². The molecule has 0 bridgehead atoms. The van der Waals surface area contributed by atoms with E-state index in [1.54, 1.807) is 4.57 Å². The topological polar surface area (TPSA) is 44.1 Å². The predicted octanol–water partition coefficient (Wildman–Crippen LogP) is 4.37. The first-order valence-corrected chi connectivity index (χ1v) is 8.87. The van der Waals surface area contributed by atoms with Crippen LogP contribution in [0.2, 0.25) is 0 Å². The van der Waals surface area contributed by atoms with E-state index in [9.17, 15) is 4.79 Å². The van der Waals surface area contributed by atoms with E-state index < -0.39 is 0 Å². The lowest BCUT2D eigenvalue weighted by molar-refractivity contribution is 0.193. The lowest BCUT2D eigenvalue weighted by atomic mass is 10.1. The molecule has 24 heavy (non-hydrogen) atoms. The van der Waals surface area contributed by atoms with Crippen molar-refractivity contribution in [3.05, 3.63) is 51.7 Å². The lowest BCUT2D eigenvalue weighted by Crippen LogP contribution is -2.26. The number of ether oxygens (including phenoxy) is 1. The normalized spacial score (nSPS) is 11.1. The van der Waals surface area contributed by atoms with Gasteiger partial charge in [0.1, 0.15) is 11.6 Å². The van der Waals surface area contributed by atoms with Gasteiger partial charge in [-0.1, -0.05) is 27.2 Å². The van der Waals surface area contributed by atoms with E-state index in [0.717, 1.165) is 54.2 Å². The summed E-state index contributed by atoms with van der Waals surface area (Å²) in [7, 11) is 0. The number of aromatic nitrogens is 2. The highest BCUT2D eigenvalue weighted by Crippen LogP contribution is 2.19. The number of hydrogen-bond donors (Lipinski definition) is 0. The summed E-state index contributed by atoms with van der Waals surface area (Å²) in [5, 5.41) is 0. The average Bonchev–Trinajstić information content (AvgIpc) is 2.59. The first-order valence-electron chi connectivity index (χ1n) is 8.87. The minimum atomic E-state index is 0.0135. The van der Waals surface area contributed by atoms with Crippen LogP contribution in [0.5, 0.6) is 5.75 Å². The van der Waals surface area contributed by atoms with Crippen LogP contribution in [0.25, 0.3) is 5.69 Å². The zero-order chi connectivity index (χ0) is 17.7. The number of rotatable bonds is 7. The van der Waals surface area contributed by atoms with Crippen LogP contribution in [-0.4, -0.2) is 15.7 Å². The molecule has 1 aromatic carbocycles. The molecule has 2 aromatic rings. The third-order valence-electron chi connectivity index (χ3n) is 4.37. The van der Waals surface area contributed by atoms with Gasteiger partial charge < -0.3 is 4.74 Å². The third-order valence-corrected chi connectivity index (χ3v) is 4.37. The van der Waals surface area contributed by atoms with Crippen molar-refractivity contribution >= 4 is 0 Å². The molecule has 0 saturated carbocycles. The molecule has 0 amide bonds. The summed E-state index contributed by atoms with van der Waals surface area (Å²) in [5.41, 5.74) is 2.48. The van der Waals surface area contributed by atoms with Crippen LogP contribution in [0.1, 0.15) is 57.1 Å². The van der Waals surface area contributed by atoms with Gasteiger partial charge >= 0.3 is 0 Å². The second-order valence-corrected chi connectivity index (χ2v) is 6.17. The second kappa shape index (κ2) is 8.13. The molecule has 0 atom stereocenters. The number of aryl methyl sites for hydroxylation is 2. The Morgan fingerprint density at radius 2 is 1.71 bits per heavy atom. The molecule has 0 N–H and O–H groups in total. The molecule has 0 unspecified atom stereocenters. The molecular weight excluding hydrogens is 300 g/mol. The van der Waals surface area contributed by atoms with Crippen LogP contribution < -0.4 is 10.3 Å². The quantitative estimate of drug-likeness (QED) is 0.758. The monoisotopic (exact) mass is 328 g/mol. The van der Waals surface area contributed by atoms with Crippen molar-refractivity contribution < 1.29 is 4.74 Å². The second-order valence-electron chi connectivity index (χ2n) is 6.17. The summed E-state index contributed by atoms with van der Waals surface area (Å²) >= 11 is 0. The Morgan fingerprint density at radius 3 is 2.25 bits per heavy atom. The molecular formula is C20H28N2O2. The van der Waals surface area contributed by atoms with Gasteiger partial charge in [0.15, 0.2) is 0 Å². The van der Waals surface area contributed by atoms with Gasteiger partial charge in [0.2, 0.25) is 0 Å². The van der Waals surface area contributed by atoms with Crippen molar-refractivity contribution in [1.29, 1.82) is 0 Å². The average molecular weight is 328 g/mol. The van der Waals surface area contributed by atoms with E-state index in [-0.39, 0.29) is 11.7 Å². The first-order chi connectivity index (χ1) is 11.5. The molecule has 2 rings (SSSR count). The fourth-order valence-electron chi connectivity index (χ4n) is 2.87. The van der Waals surface area contributed by atoms with Crippen molar-refractivity contribution in [3.8, 4) is 11.4 Å². The summed E-state index contributed by atoms with van der Waals surface area (Å²) in [6, 6.07) is 7.70. The lowest BCUT2D eigenvalue weighted by Gasteiger charge is -2.17. The van der Waals surface area contributed by atoms with E-state index >= 15 is 0 Å². The maximum atomic E-state index is 12.7. The van der Waals surface area contributed by atoms with Gasteiger partial charge in [0, 0.05) is 5.56 Å². The fraction of sp³-hybridized carbons (Fsp3) is 0.500. The molecule has 0 saturated heterocycles. The molecule has 130 valence electrons. The van der Waals surface area contributed by atoms with Gasteiger partial charge in [-0.25, -0.2) is 4.98 Å². The fourth-order valence-corrected chi connectivity index (χ4v) is 2.87. The van der Waals surface area contributed by atoms with Crippen molar-refractivity contribution in [2.24, 2.45) is 0 Å². The minimum absolute atomic E-state index is 0.0135. The maximum absolute atomic E-state index is 12.7. The molecule has 4 heteroatoms. The van der Waals surface area contributed by atoms with Crippen LogP contribution in [0.3, 0.4) is 0 Å². The molecule has 1 aromatic heterocycles. The minimum Gasteiger partial charge on any atom is -0.490 e. The van der Waals surface area contributed by atoms with Crippen LogP contribution in [0.4, 0.5) is 0 Å². The summed E-state index contributed by atoms with van der Waals surface area (Å²) < 4.78 is 7.61. The first kappa shape index (κ1) is 18.2. The van der Waals surface area contributed by atoms with E-state index in [4.69, 9.17) is 4.74 Å². The van der Waals surface area contributed by atoms with Crippen molar-refractivity contribution in [3.63, 3.8) is 0 Å². The Hall–Kier alpha value is -2.10. The van der Waals surface area contributed by atoms with Crippen LogP contribution in [0.15, 0.2) is 29.1 Å². The zero-order valence-electron chi connectivity index (χ0n) is 15.4. The summed E-state index contributed by atoms with van der Waals surface area (Å²) in [4.78, 5) is 17.4. The molecule has 0 aliphatic rings. The Balaban J connectivity index is 2.35. The molecule has 0 aliphatic heterocycles. The van der Waals surface area contributed by atoms with Crippen LogP contribution in [0, 0.1) is 13.8 Å². The van der Waals surface area contributed by atoms with Gasteiger partial charge in [-0.2, -0.15) is 0 Å². The van der Waals surface area contributed by atoms with Gasteiger partial charge in [0.25, 0.3) is 5.56 Å². The summed E-state index contributed by atoms with van der Waals surface area (Å²) in [6.07, 6.45) is 4.03. The standard InChI is InChI=1S/C20H28N2O2/c1-6-9-19-14(4)20(23)22(15(5)21-19)16-10-12-18(13-11-16)24-17(7-2)8-3/h10-13,17H,6-9H2,1-5H3. The van der Waals surface area contributed by atoms with E-state index in [2.05, 4.69) is 25.8 Å². The Morgan fingerprint density at radius 1 is 1.08 bits per heavy atom. The predicted molar refractivity (Wildman–Crippen MR) is 98.3 cm³/mol. The van der Waals surface area contributed by atoms with Crippen LogP contribution >= 0.6 is 0 Å². The maximum Gasteiger partial charge on any atom is 0.261 e. The van der Waals surface area contributed by atoms with E-state index in [1.165, 1.54) is 0 Å². The number of hydrogen-bond acceptors (Lipinski definition) is 3. The third kappa shape index (κ3) is 3.86. The van der Waals surface area contributed by atoms with E-state index in [1.807, 2.05) is 38.1 Å². The van der Waals surface area contributed by atoms with Crippen LogP contribution in [-0.2, 0) is 6.42 Å². The Labute approximate surface area is 144 Å². The number of nitrogens with zero attached hydrogens (tertiary/aromatic N) is 2. The number of benzene rings is 1. The smallest absolute Gasteiger partial charge is 0.261 e. The van der Waals surface area contributed by atoms with Crippen molar-refractivity contribution in [1.82, 2.24) is 9.55 Å². The van der Waals surface area contributed by atoms with Gasteiger partial charge in [0.05, 0.1) is 17.5 Å². The Kier molecular flexibility index (Phi) is 6.18. The largest absolute Gasteiger partial charge is 0.490 e. The van der Waals surface area contributed by atoms with Crippen molar-refractivity contribution in [2.75, 3.05) is 0 Å². The SMILES string of the molecule is CCCc1nc(C)n(-c2ccc(OC(CC)CC)cc2)c(=O)c1C. The summed E-state index contributed by atoms with van der Waals surface area (Å²) in [6.45, 7) is 10.1. The highest BCUT2D eigenvalue weighted by molar-refractivity contribution is 5.39. The highest BCUT2D eigenvalue weighted by atomic mass is 16.5. The molecule has 0 fully saturated rings. The summed E-state index contributed by atoms with van der Waals surface area (Å²) in [5.74, 6) is 1.56.